The van der Waals surface area contributed by atoms with E-state index in [9.17, 15) is 13.6 Å². The van der Waals surface area contributed by atoms with Crippen molar-refractivity contribution in [3.8, 4) is 11.5 Å². The van der Waals surface area contributed by atoms with Gasteiger partial charge in [-0.3, -0.25) is 4.79 Å². The number of rotatable bonds is 6. The number of carbonyl (C=O) groups excluding carboxylic acids is 1. The number of hydrogen-bond donors (Lipinski definition) is 1. The molecule has 1 N–H and O–H groups in total. The van der Waals surface area contributed by atoms with Crippen LogP contribution in [-0.4, -0.2) is 21.2 Å². The molecule has 0 aliphatic carbocycles. The Morgan fingerprint density at radius 1 is 1.19 bits per heavy atom. The first kappa shape index (κ1) is 17.7. The van der Waals surface area contributed by atoms with Crippen LogP contribution in [0.25, 0.3) is 11.5 Å². The van der Waals surface area contributed by atoms with E-state index < -0.39 is 23.1 Å². The van der Waals surface area contributed by atoms with Gasteiger partial charge < -0.3 is 14.4 Å². The molecule has 1 amide bonds. The zero-order valence-electron chi connectivity index (χ0n) is 14.1. The molecule has 9 heteroatoms. The molecule has 0 bridgehead atoms. The molecule has 3 aromatic rings. The van der Waals surface area contributed by atoms with Crippen molar-refractivity contribution in [2.45, 2.75) is 26.8 Å². The molecule has 0 spiro atoms. The van der Waals surface area contributed by atoms with Gasteiger partial charge in [0.2, 0.25) is 0 Å². The van der Waals surface area contributed by atoms with Crippen molar-refractivity contribution in [3.63, 3.8) is 0 Å². The molecule has 0 aliphatic rings. The fourth-order valence-corrected chi connectivity index (χ4v) is 2.30. The maximum Gasteiger partial charge on any atom is 0.273 e. The summed E-state index contributed by atoms with van der Waals surface area (Å²) in [5.74, 6) is -1.36. The number of amides is 1. The fourth-order valence-electron chi connectivity index (χ4n) is 2.30. The first-order chi connectivity index (χ1) is 12.4. The van der Waals surface area contributed by atoms with Crippen LogP contribution in [0.2, 0.25) is 0 Å². The minimum Gasteiger partial charge on any atom is -0.361 e. The summed E-state index contributed by atoms with van der Waals surface area (Å²) >= 11 is 0. The first-order valence-electron chi connectivity index (χ1n) is 7.94. The molecule has 2 heterocycles. The van der Waals surface area contributed by atoms with Gasteiger partial charge in [-0.15, -0.1) is 0 Å². The lowest BCUT2D eigenvalue weighted by Crippen LogP contribution is -2.23. The van der Waals surface area contributed by atoms with E-state index in [1.54, 1.807) is 6.07 Å². The van der Waals surface area contributed by atoms with Gasteiger partial charge >= 0.3 is 0 Å². The first-order valence-corrected chi connectivity index (χ1v) is 7.94. The van der Waals surface area contributed by atoms with Crippen LogP contribution in [0.5, 0.6) is 0 Å². The second kappa shape index (κ2) is 7.42. The number of nitrogens with zero attached hydrogens (tertiary/aromatic N) is 3. The van der Waals surface area contributed by atoms with E-state index >= 15 is 0 Å². The van der Waals surface area contributed by atoms with E-state index in [1.165, 1.54) is 6.07 Å². The van der Waals surface area contributed by atoms with Gasteiger partial charge in [-0.05, 0) is 18.1 Å². The SMILES string of the molecule is CC(C)Cc1cc(C(=O)NCc2noc(-c3c(F)cccc3F)n2)no1. The Balaban J connectivity index is 1.65. The summed E-state index contributed by atoms with van der Waals surface area (Å²) in [5, 5.41) is 9.86. The summed E-state index contributed by atoms with van der Waals surface area (Å²) in [4.78, 5) is 16.0. The number of nitrogens with one attached hydrogen (secondary N) is 1. The topological polar surface area (TPSA) is 94.1 Å². The highest BCUT2D eigenvalue weighted by atomic mass is 19.1. The van der Waals surface area contributed by atoms with Crippen LogP contribution in [0.1, 0.15) is 35.9 Å². The average Bonchev–Trinajstić information content (AvgIpc) is 3.22. The molecule has 1 aromatic carbocycles. The summed E-state index contributed by atoms with van der Waals surface area (Å²) in [6.07, 6.45) is 0.669. The minimum absolute atomic E-state index is 0.0712. The minimum atomic E-state index is -0.815. The Labute approximate surface area is 147 Å². The third kappa shape index (κ3) is 3.93. The van der Waals surface area contributed by atoms with Crippen molar-refractivity contribution in [1.29, 1.82) is 0 Å². The molecular formula is C17H16F2N4O3. The van der Waals surface area contributed by atoms with E-state index in [1.807, 2.05) is 13.8 Å². The molecule has 26 heavy (non-hydrogen) atoms. The third-order valence-electron chi connectivity index (χ3n) is 3.45. The molecule has 0 aliphatic heterocycles. The highest BCUT2D eigenvalue weighted by Gasteiger charge is 2.19. The predicted octanol–water partition coefficient (Wildman–Crippen LogP) is 3.13. The fraction of sp³-hybridized carbons (Fsp3) is 0.294. The largest absolute Gasteiger partial charge is 0.361 e. The van der Waals surface area contributed by atoms with Gasteiger partial charge in [0.25, 0.3) is 11.8 Å². The molecule has 136 valence electrons. The molecule has 0 saturated heterocycles. The van der Waals surface area contributed by atoms with Crippen LogP contribution in [0.15, 0.2) is 33.3 Å². The lowest BCUT2D eigenvalue weighted by Gasteiger charge is -1.99. The normalized spacial score (nSPS) is 11.1. The molecule has 0 radical (unpaired) electrons. The van der Waals surface area contributed by atoms with Crippen LogP contribution in [-0.2, 0) is 13.0 Å². The summed E-state index contributed by atoms with van der Waals surface area (Å²) < 4.78 is 37.4. The van der Waals surface area contributed by atoms with Gasteiger partial charge in [-0.2, -0.15) is 4.98 Å². The molecule has 0 fully saturated rings. The second-order valence-electron chi connectivity index (χ2n) is 6.07. The maximum atomic E-state index is 13.7. The quantitative estimate of drug-likeness (QED) is 0.724. The number of hydrogen-bond acceptors (Lipinski definition) is 6. The monoisotopic (exact) mass is 362 g/mol. The molecule has 0 saturated carbocycles. The van der Waals surface area contributed by atoms with Crippen LogP contribution < -0.4 is 5.32 Å². The Hall–Kier alpha value is -3.10. The van der Waals surface area contributed by atoms with E-state index in [2.05, 4.69) is 20.6 Å². The molecule has 3 rings (SSSR count). The van der Waals surface area contributed by atoms with Gasteiger partial charge in [-0.1, -0.05) is 30.2 Å². The van der Waals surface area contributed by atoms with Crippen molar-refractivity contribution >= 4 is 5.91 Å². The average molecular weight is 362 g/mol. The molecule has 0 atom stereocenters. The van der Waals surface area contributed by atoms with Crippen molar-refractivity contribution in [1.82, 2.24) is 20.6 Å². The lowest BCUT2D eigenvalue weighted by molar-refractivity contribution is 0.0940. The highest BCUT2D eigenvalue weighted by molar-refractivity contribution is 5.92. The highest BCUT2D eigenvalue weighted by Crippen LogP contribution is 2.24. The van der Waals surface area contributed by atoms with E-state index in [-0.39, 0.29) is 24.0 Å². The maximum absolute atomic E-state index is 13.7. The number of halogens is 2. The zero-order chi connectivity index (χ0) is 18.7. The smallest absolute Gasteiger partial charge is 0.273 e. The van der Waals surface area contributed by atoms with Crippen LogP contribution in [0.4, 0.5) is 8.78 Å². The Bertz CT molecular complexity index is 900. The predicted molar refractivity (Wildman–Crippen MR) is 85.9 cm³/mol. The number of aromatic nitrogens is 3. The Kier molecular flexibility index (Phi) is 5.06. The Morgan fingerprint density at radius 3 is 2.62 bits per heavy atom. The van der Waals surface area contributed by atoms with Gasteiger partial charge in [0, 0.05) is 12.5 Å². The van der Waals surface area contributed by atoms with Gasteiger partial charge in [0.1, 0.15) is 23.0 Å². The molecule has 2 aromatic heterocycles. The second-order valence-corrected chi connectivity index (χ2v) is 6.07. The van der Waals surface area contributed by atoms with E-state index in [0.29, 0.717) is 18.1 Å². The van der Waals surface area contributed by atoms with Gasteiger partial charge in [0.05, 0.1) is 6.54 Å². The van der Waals surface area contributed by atoms with Gasteiger partial charge in [-0.25, -0.2) is 8.78 Å². The molecule has 7 nitrogen and oxygen atoms in total. The van der Waals surface area contributed by atoms with Gasteiger partial charge in [0.15, 0.2) is 11.5 Å². The summed E-state index contributed by atoms with van der Waals surface area (Å²) in [7, 11) is 0. The van der Waals surface area contributed by atoms with E-state index in [4.69, 9.17) is 9.05 Å². The van der Waals surface area contributed by atoms with Crippen LogP contribution in [0, 0.1) is 17.6 Å². The van der Waals surface area contributed by atoms with Crippen LogP contribution >= 0.6 is 0 Å². The van der Waals surface area contributed by atoms with Crippen molar-refractivity contribution < 1.29 is 22.6 Å². The number of carbonyl (C=O) groups is 1. The summed E-state index contributed by atoms with van der Waals surface area (Å²) in [6, 6.07) is 4.97. The molecule has 0 unspecified atom stereocenters. The van der Waals surface area contributed by atoms with Crippen molar-refractivity contribution in [2.24, 2.45) is 5.92 Å². The Morgan fingerprint density at radius 2 is 1.92 bits per heavy atom. The standard InChI is InChI=1S/C17H16F2N4O3/c1-9(2)6-10-7-13(22-25-10)16(24)20-8-14-21-17(26-23-14)15-11(18)4-3-5-12(15)19/h3-5,7,9H,6,8H2,1-2H3,(H,20,24). The number of benzene rings is 1. The third-order valence-corrected chi connectivity index (χ3v) is 3.45. The lowest BCUT2D eigenvalue weighted by atomic mass is 10.1. The van der Waals surface area contributed by atoms with Crippen molar-refractivity contribution in [2.75, 3.05) is 0 Å². The molecular weight excluding hydrogens is 346 g/mol. The summed E-state index contributed by atoms with van der Waals surface area (Å²) in [5.41, 5.74) is -0.281. The summed E-state index contributed by atoms with van der Waals surface area (Å²) in [6.45, 7) is 3.95. The zero-order valence-corrected chi connectivity index (χ0v) is 14.1. The van der Waals surface area contributed by atoms with Crippen molar-refractivity contribution in [3.05, 3.63) is 53.2 Å². The van der Waals surface area contributed by atoms with E-state index in [0.717, 1.165) is 12.1 Å². The van der Waals surface area contributed by atoms with Crippen LogP contribution in [0.3, 0.4) is 0 Å².